The van der Waals surface area contributed by atoms with Crippen molar-refractivity contribution in [2.45, 2.75) is 121 Å². The number of fused-ring (bicyclic) bond motifs is 3. The van der Waals surface area contributed by atoms with E-state index in [1.54, 1.807) is 75.4 Å². The molecule has 0 spiro atoms. The van der Waals surface area contributed by atoms with Gasteiger partial charge in [0.05, 0.1) is 53.2 Å². The number of carboxylic acid groups (broad SMARTS) is 1. The Bertz CT molecular complexity index is 3320. The van der Waals surface area contributed by atoms with E-state index >= 15 is 4.39 Å². The van der Waals surface area contributed by atoms with Gasteiger partial charge in [0.2, 0.25) is 5.91 Å². The molecule has 0 radical (unpaired) electrons. The summed E-state index contributed by atoms with van der Waals surface area (Å²) < 4.78 is 70.9. The number of alkyl carbamates (subject to hydrolysis) is 2. The van der Waals surface area contributed by atoms with Gasteiger partial charge in [-0.3, -0.25) is 39.1 Å². The molecule has 4 N–H and O–H groups in total. The van der Waals surface area contributed by atoms with Gasteiger partial charge in [-0.05, 0) is 114 Å². The summed E-state index contributed by atoms with van der Waals surface area (Å²) in [4.78, 5) is 89.7. The van der Waals surface area contributed by atoms with Gasteiger partial charge < -0.3 is 30.1 Å². The van der Waals surface area contributed by atoms with E-state index in [1.165, 1.54) is 49.1 Å². The van der Waals surface area contributed by atoms with Crippen LogP contribution in [0.3, 0.4) is 0 Å². The van der Waals surface area contributed by atoms with E-state index in [1.807, 2.05) is 6.07 Å². The van der Waals surface area contributed by atoms with Crippen molar-refractivity contribution in [1.82, 2.24) is 50.0 Å². The zero-order valence-electron chi connectivity index (χ0n) is 43.2. The first-order chi connectivity index (χ1) is 36.6. The van der Waals surface area contributed by atoms with Crippen LogP contribution in [0.4, 0.5) is 27.2 Å². The summed E-state index contributed by atoms with van der Waals surface area (Å²) in [6.45, 7) is 11.2. The minimum Gasteiger partial charge on any atom is -0.481 e. The largest absolute Gasteiger partial charge is 0.481 e. The number of carbonyl (C=O) groups excluding carboxylic acids is 3. The molecule has 0 saturated carbocycles. The quantitative estimate of drug-likeness (QED) is 0.0989. The van der Waals surface area contributed by atoms with E-state index < -0.39 is 76.5 Å². The molecule has 5 heterocycles. The Morgan fingerprint density at radius 1 is 0.662 bits per heavy atom. The zero-order chi connectivity index (χ0) is 55.3. The number of benzene rings is 2. The predicted molar refractivity (Wildman–Crippen MR) is 274 cm³/mol. The van der Waals surface area contributed by atoms with Crippen molar-refractivity contribution in [3.05, 3.63) is 159 Å². The summed E-state index contributed by atoms with van der Waals surface area (Å²) in [5.74, 6) is -6.84. The maximum Gasteiger partial charge on any atom is 0.408 e. The van der Waals surface area contributed by atoms with Crippen LogP contribution in [-0.4, -0.2) is 92.8 Å². The number of hydrogen-bond acceptors (Lipinski definition) is 12. The minimum absolute atomic E-state index is 0.00910. The fourth-order valence-corrected chi connectivity index (χ4v) is 9.91. The van der Waals surface area contributed by atoms with Gasteiger partial charge in [0.25, 0.3) is 0 Å². The third-order valence-electron chi connectivity index (χ3n) is 13.2. The molecule has 9 rings (SSSR count). The molecule has 404 valence electrons. The van der Waals surface area contributed by atoms with Gasteiger partial charge >= 0.3 is 23.8 Å². The average molecular weight is 1060 g/mol. The molecule has 1 aliphatic heterocycles. The SMILES string of the molecule is CC(C)(C)OC(=O)N[C@@H]1c2nccnc2C(CC(=O)N2CCC(n3c(=O)[nH]c4ncccc43)CC2)=CC[C@H]1c1cccc(F)c1F.CC(C)(C)OC(=O)N[C@@H]1c2nccnc2C(CC(=O)O)=CC[C@H]1c1cccc(F)c1F. The number of amides is 3. The number of nitrogens with zero attached hydrogens (tertiary/aromatic N) is 7. The lowest BCUT2D eigenvalue weighted by Crippen LogP contribution is -2.40. The number of carbonyl (C=O) groups is 4. The number of imidazole rings is 1. The van der Waals surface area contributed by atoms with Crippen molar-refractivity contribution in [3.63, 3.8) is 0 Å². The van der Waals surface area contributed by atoms with Crippen LogP contribution in [0.25, 0.3) is 22.3 Å². The standard InChI is InChI=1S/C33H35F2N7O4.C22H23F2N3O4/c1-33(2,3)46-32(45)39-28-22(21-6-4-7-23(34)26(21)35)10-9-19(27-29(28)37-15-14-36-27)18-25(43)41-16-11-20(12-17-41)42-24-8-5-13-38-30(24)40-31(42)44;1-22(2,3)31-21(30)27-19-14(13-5-4-6-15(23)17(13)24)8-7-12(11-16(28)29)18-20(19)26-10-9-25-18/h4-9,13-15,20,22,28H,10-12,16-18H2,1-3H3,(H,39,45)(H,38,40,44);4-7,9-10,14,19H,8,11H2,1-3H3,(H,27,30)(H,28,29)/t22-,28-;14-,19-/m00/s1. The smallest absolute Gasteiger partial charge is 0.408 e. The van der Waals surface area contributed by atoms with Crippen LogP contribution in [0, 0.1) is 23.3 Å². The number of allylic oxidation sites excluding steroid dienone is 2. The molecule has 1 saturated heterocycles. The molecule has 2 aromatic carbocycles. The van der Waals surface area contributed by atoms with Crippen LogP contribution in [0.2, 0.25) is 0 Å². The van der Waals surface area contributed by atoms with Crippen molar-refractivity contribution in [2.24, 2.45) is 0 Å². The van der Waals surface area contributed by atoms with Gasteiger partial charge in [-0.25, -0.2) is 36.9 Å². The molecule has 18 nitrogen and oxygen atoms in total. The van der Waals surface area contributed by atoms with E-state index in [0.29, 0.717) is 54.1 Å². The van der Waals surface area contributed by atoms with Gasteiger partial charge in [-0.15, -0.1) is 0 Å². The molecule has 4 aromatic heterocycles. The number of rotatable bonds is 9. The summed E-state index contributed by atoms with van der Waals surface area (Å²) in [5, 5.41) is 14.8. The number of pyridine rings is 1. The molecule has 1 fully saturated rings. The van der Waals surface area contributed by atoms with Crippen LogP contribution in [0.1, 0.15) is 144 Å². The molecular weight excluding hydrogens is 1000 g/mol. The van der Waals surface area contributed by atoms with Crippen LogP contribution in [0.5, 0.6) is 0 Å². The average Bonchev–Trinajstić information content (AvgIpc) is 3.55. The maximum absolute atomic E-state index is 15.2. The number of carboxylic acids is 1. The lowest BCUT2D eigenvalue weighted by molar-refractivity contribution is -0.136. The van der Waals surface area contributed by atoms with E-state index in [2.05, 4.69) is 40.5 Å². The maximum atomic E-state index is 15.2. The second-order valence-corrected chi connectivity index (χ2v) is 20.8. The first-order valence-corrected chi connectivity index (χ1v) is 25.0. The second kappa shape index (κ2) is 22.9. The fraction of sp³-hybridized carbons (Fsp3) is 0.382. The first-order valence-electron chi connectivity index (χ1n) is 25.0. The highest BCUT2D eigenvalue weighted by Gasteiger charge is 2.39. The molecule has 22 heteroatoms. The zero-order valence-corrected chi connectivity index (χ0v) is 43.2. The van der Waals surface area contributed by atoms with Crippen molar-refractivity contribution in [3.8, 4) is 0 Å². The molecule has 3 aliphatic rings. The lowest BCUT2D eigenvalue weighted by Gasteiger charge is -2.32. The second-order valence-electron chi connectivity index (χ2n) is 20.8. The Morgan fingerprint density at radius 2 is 1.14 bits per heavy atom. The van der Waals surface area contributed by atoms with Gasteiger partial charge in [-0.2, -0.15) is 0 Å². The minimum atomic E-state index is -1.07. The monoisotopic (exact) mass is 1060 g/mol. The Balaban J connectivity index is 0.000000221. The molecular formula is C55H58F4N10O8. The van der Waals surface area contributed by atoms with Crippen LogP contribution in [-0.2, 0) is 19.1 Å². The number of piperidine rings is 1. The van der Waals surface area contributed by atoms with E-state index in [9.17, 15) is 42.3 Å². The number of H-pyrrole nitrogens is 1. The van der Waals surface area contributed by atoms with Crippen LogP contribution >= 0.6 is 0 Å². The van der Waals surface area contributed by atoms with E-state index in [0.717, 1.165) is 17.6 Å². The number of aromatic nitrogens is 7. The Hall–Kier alpha value is -8.30. The van der Waals surface area contributed by atoms with Crippen molar-refractivity contribution >= 4 is 46.4 Å². The number of hydrogen-bond donors (Lipinski definition) is 4. The number of ether oxygens (including phenoxy) is 2. The highest BCUT2D eigenvalue weighted by molar-refractivity contribution is 5.89. The lowest BCUT2D eigenvalue weighted by atomic mass is 9.87. The Labute approximate surface area is 440 Å². The van der Waals surface area contributed by atoms with E-state index in [4.69, 9.17) is 9.47 Å². The molecule has 0 unspecified atom stereocenters. The van der Waals surface area contributed by atoms with Gasteiger partial charge in [0, 0.05) is 62.0 Å². The van der Waals surface area contributed by atoms with Crippen LogP contribution in [0.15, 0.2) is 96.5 Å². The van der Waals surface area contributed by atoms with Crippen molar-refractivity contribution in [1.29, 1.82) is 0 Å². The number of aromatic amines is 1. The third kappa shape index (κ3) is 12.9. The first kappa shape index (κ1) is 54.9. The molecule has 4 atom stereocenters. The Morgan fingerprint density at radius 3 is 1.62 bits per heavy atom. The normalized spacial score (nSPS) is 18.7. The van der Waals surface area contributed by atoms with Crippen molar-refractivity contribution in [2.75, 3.05) is 13.1 Å². The third-order valence-corrected chi connectivity index (χ3v) is 13.2. The summed E-state index contributed by atoms with van der Waals surface area (Å²) in [6.07, 6.45) is 10.4. The fourth-order valence-electron chi connectivity index (χ4n) is 9.91. The van der Waals surface area contributed by atoms with Gasteiger partial charge in [0.1, 0.15) is 11.2 Å². The van der Waals surface area contributed by atoms with Crippen molar-refractivity contribution < 1.29 is 51.3 Å². The molecule has 0 bridgehead atoms. The van der Waals surface area contributed by atoms with E-state index in [-0.39, 0.29) is 65.8 Å². The summed E-state index contributed by atoms with van der Waals surface area (Å²) in [5.41, 5.74) is 1.75. The molecule has 77 heavy (non-hydrogen) atoms. The summed E-state index contributed by atoms with van der Waals surface area (Å²) in [6, 6.07) is 9.43. The van der Waals surface area contributed by atoms with Gasteiger partial charge in [0.15, 0.2) is 28.9 Å². The number of halogens is 4. The molecule has 3 amide bonds. The summed E-state index contributed by atoms with van der Waals surface area (Å²) >= 11 is 0. The van der Waals surface area contributed by atoms with Crippen LogP contribution < -0.4 is 16.3 Å². The number of nitrogens with one attached hydrogen (secondary N) is 3. The number of likely N-dealkylation sites (tertiary alicyclic amines) is 1. The molecule has 6 aromatic rings. The highest BCUT2D eigenvalue weighted by Crippen LogP contribution is 2.43. The topological polar surface area (TPSA) is 237 Å². The number of aliphatic carboxylic acids is 1. The molecule has 2 aliphatic carbocycles. The predicted octanol–water partition coefficient (Wildman–Crippen LogP) is 9.55. The van der Waals surface area contributed by atoms with Gasteiger partial charge in [-0.1, -0.05) is 36.4 Å². The summed E-state index contributed by atoms with van der Waals surface area (Å²) in [7, 11) is 0. The highest BCUT2D eigenvalue weighted by atomic mass is 19.2. The Kier molecular flexibility index (Phi) is 16.3.